The molecule has 0 aliphatic carbocycles. The van der Waals surface area contributed by atoms with E-state index in [1.165, 1.54) is 19.2 Å². The summed E-state index contributed by atoms with van der Waals surface area (Å²) in [7, 11) is 3.14. The van der Waals surface area contributed by atoms with Gasteiger partial charge >= 0.3 is 0 Å². The molecule has 0 aliphatic heterocycles. The molecule has 0 aliphatic rings. The van der Waals surface area contributed by atoms with Gasteiger partial charge in [-0.25, -0.2) is 8.78 Å². The standard InChI is InChI=1S/C16H16ClF2NO/c1-20-14(11-4-3-5-12(17)16(11)19)9-10-6-7-15(21-2)13(18)8-10/h3-8,14,20H,9H2,1-2H3. The van der Waals surface area contributed by atoms with Gasteiger partial charge in [-0.05, 0) is 37.2 Å². The van der Waals surface area contributed by atoms with Crippen molar-refractivity contribution in [2.24, 2.45) is 0 Å². The molecule has 0 spiro atoms. The molecule has 0 heterocycles. The first-order valence-corrected chi connectivity index (χ1v) is 6.88. The second kappa shape index (κ2) is 6.87. The molecule has 112 valence electrons. The Morgan fingerprint density at radius 3 is 2.62 bits per heavy atom. The lowest BCUT2D eigenvalue weighted by Crippen LogP contribution is -2.20. The van der Waals surface area contributed by atoms with Crippen molar-refractivity contribution >= 4 is 11.6 Å². The highest BCUT2D eigenvalue weighted by Gasteiger charge is 2.17. The van der Waals surface area contributed by atoms with Crippen molar-refractivity contribution in [2.75, 3.05) is 14.2 Å². The summed E-state index contributed by atoms with van der Waals surface area (Å²) in [6.45, 7) is 0. The Labute approximate surface area is 127 Å². The first-order chi connectivity index (χ1) is 10.1. The fourth-order valence-corrected chi connectivity index (χ4v) is 2.41. The second-order valence-corrected chi connectivity index (χ2v) is 5.06. The summed E-state index contributed by atoms with van der Waals surface area (Å²) in [5, 5.41) is 3.11. The quantitative estimate of drug-likeness (QED) is 0.896. The van der Waals surface area contributed by atoms with Crippen LogP contribution >= 0.6 is 11.6 Å². The third-order valence-corrected chi connectivity index (χ3v) is 3.65. The zero-order valence-corrected chi connectivity index (χ0v) is 12.5. The molecule has 5 heteroatoms. The minimum atomic E-state index is -0.451. The van der Waals surface area contributed by atoms with Gasteiger partial charge in [-0.3, -0.25) is 0 Å². The predicted octanol–water partition coefficient (Wildman–Crippen LogP) is 4.13. The summed E-state index contributed by atoms with van der Waals surface area (Å²) in [5.74, 6) is -0.697. The average Bonchev–Trinajstić information content (AvgIpc) is 2.48. The van der Waals surface area contributed by atoms with E-state index in [1.807, 2.05) is 0 Å². The first kappa shape index (κ1) is 15.7. The van der Waals surface area contributed by atoms with Gasteiger partial charge in [0.2, 0.25) is 0 Å². The molecule has 0 saturated carbocycles. The monoisotopic (exact) mass is 311 g/mol. The Hall–Kier alpha value is -1.65. The van der Waals surface area contributed by atoms with Gasteiger partial charge in [0, 0.05) is 11.6 Å². The number of ether oxygens (including phenoxy) is 1. The van der Waals surface area contributed by atoms with Crippen molar-refractivity contribution in [2.45, 2.75) is 12.5 Å². The molecule has 21 heavy (non-hydrogen) atoms. The van der Waals surface area contributed by atoms with Crippen molar-refractivity contribution < 1.29 is 13.5 Å². The SMILES string of the molecule is CNC(Cc1ccc(OC)c(F)c1)c1cccc(Cl)c1F. The van der Waals surface area contributed by atoms with E-state index < -0.39 is 11.6 Å². The number of methoxy groups -OCH3 is 1. The molecule has 0 aromatic heterocycles. The Morgan fingerprint density at radius 1 is 1.24 bits per heavy atom. The second-order valence-electron chi connectivity index (χ2n) is 4.66. The Morgan fingerprint density at radius 2 is 2.00 bits per heavy atom. The van der Waals surface area contributed by atoms with Crippen LogP contribution in [0.5, 0.6) is 5.75 Å². The molecule has 0 saturated heterocycles. The number of hydrogen-bond donors (Lipinski definition) is 1. The molecule has 1 N–H and O–H groups in total. The third kappa shape index (κ3) is 3.52. The number of benzene rings is 2. The topological polar surface area (TPSA) is 21.3 Å². The van der Waals surface area contributed by atoms with Crippen LogP contribution in [0.15, 0.2) is 36.4 Å². The largest absolute Gasteiger partial charge is 0.494 e. The van der Waals surface area contributed by atoms with E-state index in [-0.39, 0.29) is 16.8 Å². The van der Waals surface area contributed by atoms with Crippen LogP contribution in [-0.4, -0.2) is 14.2 Å². The fourth-order valence-electron chi connectivity index (χ4n) is 2.23. The molecule has 1 atom stereocenters. The van der Waals surface area contributed by atoms with E-state index in [4.69, 9.17) is 16.3 Å². The van der Waals surface area contributed by atoms with Crippen molar-refractivity contribution in [3.63, 3.8) is 0 Å². The number of likely N-dealkylation sites (N-methyl/N-ethyl adjacent to an activating group) is 1. The van der Waals surface area contributed by atoms with Crippen molar-refractivity contribution in [1.82, 2.24) is 5.32 Å². The molecule has 2 rings (SSSR count). The average molecular weight is 312 g/mol. The van der Waals surface area contributed by atoms with Crippen LogP contribution in [0.4, 0.5) is 8.78 Å². The van der Waals surface area contributed by atoms with Crippen molar-refractivity contribution in [3.05, 3.63) is 64.2 Å². The maximum absolute atomic E-state index is 14.1. The lowest BCUT2D eigenvalue weighted by molar-refractivity contribution is 0.386. The minimum absolute atomic E-state index is 0.0775. The van der Waals surface area contributed by atoms with Gasteiger partial charge in [0.05, 0.1) is 12.1 Å². The van der Waals surface area contributed by atoms with Crippen LogP contribution in [-0.2, 0) is 6.42 Å². The van der Waals surface area contributed by atoms with E-state index in [9.17, 15) is 8.78 Å². The Kier molecular flexibility index (Phi) is 5.15. The zero-order valence-electron chi connectivity index (χ0n) is 11.8. The summed E-state index contributed by atoms with van der Waals surface area (Å²) >= 11 is 5.80. The molecular weight excluding hydrogens is 296 g/mol. The van der Waals surface area contributed by atoms with E-state index in [1.54, 1.807) is 31.3 Å². The summed E-state index contributed by atoms with van der Waals surface area (Å²) in [6, 6.07) is 9.28. The van der Waals surface area contributed by atoms with Gasteiger partial charge < -0.3 is 10.1 Å². The van der Waals surface area contributed by atoms with Crippen LogP contribution in [0.25, 0.3) is 0 Å². The third-order valence-electron chi connectivity index (χ3n) is 3.36. The van der Waals surface area contributed by atoms with E-state index in [0.717, 1.165) is 5.56 Å². The molecule has 0 radical (unpaired) electrons. The summed E-state index contributed by atoms with van der Waals surface area (Å²) in [5.41, 5.74) is 1.20. The van der Waals surface area contributed by atoms with Crippen LogP contribution in [0, 0.1) is 11.6 Å². The van der Waals surface area contributed by atoms with Gasteiger partial charge in [-0.15, -0.1) is 0 Å². The molecule has 2 nitrogen and oxygen atoms in total. The lowest BCUT2D eigenvalue weighted by atomic mass is 9.98. The minimum Gasteiger partial charge on any atom is -0.494 e. The number of hydrogen-bond acceptors (Lipinski definition) is 2. The first-order valence-electron chi connectivity index (χ1n) is 6.50. The molecule has 2 aromatic carbocycles. The lowest BCUT2D eigenvalue weighted by Gasteiger charge is -2.18. The van der Waals surface area contributed by atoms with Gasteiger partial charge in [-0.1, -0.05) is 29.8 Å². The Bertz CT molecular complexity index is 634. The molecule has 0 amide bonds. The van der Waals surface area contributed by atoms with Crippen LogP contribution in [0.1, 0.15) is 17.2 Å². The Balaban J connectivity index is 2.27. The van der Waals surface area contributed by atoms with Gasteiger partial charge in [-0.2, -0.15) is 0 Å². The van der Waals surface area contributed by atoms with Gasteiger partial charge in [0.15, 0.2) is 11.6 Å². The number of nitrogens with one attached hydrogen (secondary N) is 1. The normalized spacial score (nSPS) is 12.2. The van der Waals surface area contributed by atoms with E-state index >= 15 is 0 Å². The maximum atomic E-state index is 14.1. The molecule has 1 unspecified atom stereocenters. The predicted molar refractivity (Wildman–Crippen MR) is 79.9 cm³/mol. The van der Waals surface area contributed by atoms with Crippen LogP contribution in [0.2, 0.25) is 5.02 Å². The van der Waals surface area contributed by atoms with Gasteiger partial charge in [0.1, 0.15) is 5.82 Å². The maximum Gasteiger partial charge on any atom is 0.165 e. The molecule has 2 aromatic rings. The highest BCUT2D eigenvalue weighted by molar-refractivity contribution is 6.30. The molecule has 0 fully saturated rings. The highest BCUT2D eigenvalue weighted by Crippen LogP contribution is 2.27. The van der Waals surface area contributed by atoms with Crippen LogP contribution < -0.4 is 10.1 Å². The zero-order chi connectivity index (χ0) is 15.4. The summed E-state index contributed by atoms with van der Waals surface area (Å²) in [6.07, 6.45) is 0.439. The molecular formula is C16H16ClF2NO. The van der Waals surface area contributed by atoms with Gasteiger partial charge in [0.25, 0.3) is 0 Å². The summed E-state index contributed by atoms with van der Waals surface area (Å²) in [4.78, 5) is 0. The van der Waals surface area contributed by atoms with Crippen molar-refractivity contribution in [3.8, 4) is 5.75 Å². The highest BCUT2D eigenvalue weighted by atomic mass is 35.5. The van der Waals surface area contributed by atoms with Crippen LogP contribution in [0.3, 0.4) is 0 Å². The summed E-state index contributed by atoms with van der Waals surface area (Å²) < 4.78 is 32.7. The molecule has 0 bridgehead atoms. The smallest absolute Gasteiger partial charge is 0.165 e. The number of halogens is 3. The fraction of sp³-hybridized carbons (Fsp3) is 0.250. The van der Waals surface area contributed by atoms with E-state index in [0.29, 0.717) is 12.0 Å². The van der Waals surface area contributed by atoms with Crippen molar-refractivity contribution in [1.29, 1.82) is 0 Å². The van der Waals surface area contributed by atoms with E-state index in [2.05, 4.69) is 5.32 Å². The number of rotatable bonds is 5.